The zero-order valence-electron chi connectivity index (χ0n) is 12.4. The normalized spacial score (nSPS) is 10.2. The summed E-state index contributed by atoms with van der Waals surface area (Å²) in [7, 11) is 0. The van der Waals surface area contributed by atoms with E-state index in [0.29, 0.717) is 6.42 Å². The van der Waals surface area contributed by atoms with Gasteiger partial charge in [0.15, 0.2) is 0 Å². The predicted molar refractivity (Wildman–Crippen MR) is 79.4 cm³/mol. The van der Waals surface area contributed by atoms with Crippen LogP contribution in [0.2, 0.25) is 0 Å². The number of amides is 2. The van der Waals surface area contributed by atoms with Gasteiger partial charge < -0.3 is 15.8 Å². The first-order chi connectivity index (χ1) is 11.0. The second-order valence-corrected chi connectivity index (χ2v) is 4.57. The average Bonchev–Trinajstić information content (AvgIpc) is 2.55. The number of nitrogens with two attached hydrogens (primary N) is 1. The Morgan fingerprint density at radius 2 is 2.13 bits per heavy atom. The third-order valence-electron chi connectivity index (χ3n) is 2.90. The number of aromatic nitrogens is 2. The summed E-state index contributed by atoms with van der Waals surface area (Å²) in [5, 5.41) is 2.35. The highest BCUT2D eigenvalue weighted by Crippen LogP contribution is 2.24. The summed E-state index contributed by atoms with van der Waals surface area (Å²) in [6, 6.07) is 6.05. The van der Waals surface area contributed by atoms with E-state index in [0.717, 1.165) is 0 Å². The maximum atomic E-state index is 14.0. The van der Waals surface area contributed by atoms with Gasteiger partial charge in [-0.25, -0.2) is 4.98 Å². The quantitative estimate of drug-likeness (QED) is 0.832. The van der Waals surface area contributed by atoms with E-state index in [1.165, 1.54) is 18.5 Å². The first-order valence-electron chi connectivity index (χ1n) is 6.85. The van der Waals surface area contributed by atoms with Crippen LogP contribution in [0.25, 0.3) is 0 Å². The predicted octanol–water partition coefficient (Wildman–Crippen LogP) is 1.19. The third-order valence-corrected chi connectivity index (χ3v) is 2.90. The molecule has 0 fully saturated rings. The summed E-state index contributed by atoms with van der Waals surface area (Å²) in [5.41, 5.74) is 5.45. The van der Waals surface area contributed by atoms with E-state index in [2.05, 4.69) is 15.3 Å². The summed E-state index contributed by atoms with van der Waals surface area (Å²) in [5.74, 6) is -1.77. The van der Waals surface area contributed by atoms with Crippen molar-refractivity contribution in [2.24, 2.45) is 5.73 Å². The molecule has 120 valence electrons. The van der Waals surface area contributed by atoms with Crippen molar-refractivity contribution in [2.75, 3.05) is 6.54 Å². The Labute approximate surface area is 131 Å². The molecule has 1 aromatic heterocycles. The molecule has 0 saturated heterocycles. The maximum absolute atomic E-state index is 14.0. The second-order valence-electron chi connectivity index (χ2n) is 4.57. The van der Waals surface area contributed by atoms with E-state index in [4.69, 9.17) is 10.5 Å². The number of hydrogen-bond donors (Lipinski definition) is 2. The molecule has 0 spiro atoms. The van der Waals surface area contributed by atoms with E-state index in [-0.39, 0.29) is 29.4 Å². The van der Waals surface area contributed by atoms with Crippen LogP contribution in [0.5, 0.6) is 11.6 Å². The van der Waals surface area contributed by atoms with Gasteiger partial charge in [0.05, 0.1) is 12.2 Å². The number of nitrogens with one attached hydrogen (secondary N) is 1. The zero-order valence-corrected chi connectivity index (χ0v) is 12.4. The lowest BCUT2D eigenvalue weighted by Gasteiger charge is -2.09. The van der Waals surface area contributed by atoms with Crippen LogP contribution in [-0.4, -0.2) is 28.3 Å². The molecule has 0 aliphatic carbocycles. The molecule has 0 radical (unpaired) electrons. The Morgan fingerprint density at radius 3 is 2.83 bits per heavy atom. The molecular formula is C15H15FN4O3. The zero-order chi connectivity index (χ0) is 16.8. The lowest BCUT2D eigenvalue weighted by atomic mass is 10.2. The fourth-order valence-electron chi connectivity index (χ4n) is 1.79. The Bertz CT molecular complexity index is 736. The molecule has 0 bridgehead atoms. The highest BCUT2D eigenvalue weighted by atomic mass is 19.1. The summed E-state index contributed by atoms with van der Waals surface area (Å²) < 4.78 is 19.4. The van der Waals surface area contributed by atoms with Crippen molar-refractivity contribution >= 4 is 11.8 Å². The fraction of sp³-hybridized carbons (Fsp3) is 0.200. The molecule has 0 unspecified atom stereocenters. The number of primary amides is 1. The van der Waals surface area contributed by atoms with Gasteiger partial charge in [-0.05, 0) is 24.6 Å². The molecule has 2 amide bonds. The highest BCUT2D eigenvalue weighted by molar-refractivity contribution is 5.96. The minimum Gasteiger partial charge on any atom is -0.436 e. The number of hydrogen-bond acceptors (Lipinski definition) is 5. The van der Waals surface area contributed by atoms with Crippen molar-refractivity contribution < 1.29 is 18.7 Å². The van der Waals surface area contributed by atoms with Gasteiger partial charge >= 0.3 is 0 Å². The van der Waals surface area contributed by atoms with Crippen LogP contribution < -0.4 is 15.8 Å². The molecule has 23 heavy (non-hydrogen) atoms. The molecule has 8 heteroatoms. The molecule has 1 heterocycles. The van der Waals surface area contributed by atoms with Gasteiger partial charge in [-0.3, -0.25) is 9.59 Å². The van der Waals surface area contributed by atoms with Gasteiger partial charge in [0.25, 0.3) is 11.8 Å². The Morgan fingerprint density at radius 1 is 1.35 bits per heavy atom. The van der Waals surface area contributed by atoms with Crippen molar-refractivity contribution in [2.45, 2.75) is 13.3 Å². The van der Waals surface area contributed by atoms with Gasteiger partial charge in [0.1, 0.15) is 12.1 Å². The first-order valence-corrected chi connectivity index (χ1v) is 6.85. The smallest absolute Gasteiger partial charge is 0.259 e. The van der Waals surface area contributed by atoms with Gasteiger partial charge in [-0.15, -0.1) is 0 Å². The second kappa shape index (κ2) is 7.30. The number of ether oxygens (including phenoxy) is 1. The molecule has 0 saturated carbocycles. The number of carbonyl (C=O) groups excluding carboxylic acids is 2. The van der Waals surface area contributed by atoms with Crippen LogP contribution in [0, 0.1) is 5.82 Å². The molecule has 1 aromatic carbocycles. The van der Waals surface area contributed by atoms with Crippen molar-refractivity contribution in [3.05, 3.63) is 47.7 Å². The monoisotopic (exact) mass is 318 g/mol. The number of benzene rings is 1. The van der Waals surface area contributed by atoms with Crippen molar-refractivity contribution in [3.63, 3.8) is 0 Å². The molecule has 2 aromatic rings. The van der Waals surface area contributed by atoms with Crippen molar-refractivity contribution in [1.82, 2.24) is 15.3 Å². The molecule has 0 aliphatic heterocycles. The van der Waals surface area contributed by atoms with Gasteiger partial charge in [-0.2, -0.15) is 9.37 Å². The van der Waals surface area contributed by atoms with Crippen LogP contribution >= 0.6 is 0 Å². The molecule has 3 N–H and O–H groups in total. The van der Waals surface area contributed by atoms with Gasteiger partial charge in [0, 0.05) is 5.56 Å². The van der Waals surface area contributed by atoms with Crippen LogP contribution in [0.4, 0.5) is 4.39 Å². The van der Waals surface area contributed by atoms with E-state index in [1.807, 2.05) is 0 Å². The van der Waals surface area contributed by atoms with Crippen LogP contribution in [0.1, 0.15) is 23.0 Å². The van der Waals surface area contributed by atoms with Crippen LogP contribution in [0.15, 0.2) is 30.6 Å². The van der Waals surface area contributed by atoms with Crippen LogP contribution in [0.3, 0.4) is 0 Å². The average molecular weight is 318 g/mol. The van der Waals surface area contributed by atoms with E-state index >= 15 is 0 Å². The lowest BCUT2D eigenvalue weighted by molar-refractivity contribution is -0.117. The number of rotatable bonds is 6. The summed E-state index contributed by atoms with van der Waals surface area (Å²) in [6.45, 7) is 1.49. The van der Waals surface area contributed by atoms with E-state index in [1.54, 1.807) is 19.1 Å². The van der Waals surface area contributed by atoms with E-state index < -0.39 is 17.6 Å². The number of aryl methyl sites for hydroxylation is 1. The minimum atomic E-state index is -0.652. The lowest BCUT2D eigenvalue weighted by Crippen LogP contribution is -2.33. The molecule has 0 atom stereocenters. The van der Waals surface area contributed by atoms with E-state index in [9.17, 15) is 14.0 Å². The molecule has 7 nitrogen and oxygen atoms in total. The number of nitrogens with zero attached hydrogens (tertiary/aromatic N) is 2. The summed E-state index contributed by atoms with van der Waals surface area (Å²) in [6.07, 6.45) is 1.61. The standard InChI is InChI=1S/C15H15FN4O3/c1-2-11-13(16)15(20-8-19-11)23-10-5-3-4-9(6-10)14(22)18-7-12(17)21/h3-6,8H,2,7H2,1H3,(H2,17,21)(H,18,22). The third kappa shape index (κ3) is 4.22. The molecular weight excluding hydrogens is 303 g/mol. The maximum Gasteiger partial charge on any atom is 0.259 e. The first kappa shape index (κ1) is 16.3. The summed E-state index contributed by atoms with van der Waals surface area (Å²) >= 11 is 0. The highest BCUT2D eigenvalue weighted by Gasteiger charge is 2.13. The van der Waals surface area contributed by atoms with Crippen molar-refractivity contribution in [1.29, 1.82) is 0 Å². The van der Waals surface area contributed by atoms with Gasteiger partial charge in [0.2, 0.25) is 11.7 Å². The number of carbonyl (C=O) groups is 2. The molecule has 0 aliphatic rings. The Hall–Kier alpha value is -3.03. The fourth-order valence-corrected chi connectivity index (χ4v) is 1.79. The SMILES string of the molecule is CCc1ncnc(Oc2cccc(C(=O)NCC(N)=O)c2)c1F. The minimum absolute atomic E-state index is 0.216. The largest absolute Gasteiger partial charge is 0.436 e. The Kier molecular flexibility index (Phi) is 5.19. The Balaban J connectivity index is 2.17. The van der Waals surface area contributed by atoms with Crippen molar-refractivity contribution in [3.8, 4) is 11.6 Å². The number of halogens is 1. The van der Waals surface area contributed by atoms with Crippen LogP contribution in [-0.2, 0) is 11.2 Å². The molecule has 2 rings (SSSR count). The summed E-state index contributed by atoms with van der Waals surface area (Å²) in [4.78, 5) is 30.1. The van der Waals surface area contributed by atoms with Gasteiger partial charge in [-0.1, -0.05) is 13.0 Å². The topological polar surface area (TPSA) is 107 Å².